The summed E-state index contributed by atoms with van der Waals surface area (Å²) in [6.45, 7) is 12.0. The molecule has 21 heavy (non-hydrogen) atoms. The highest BCUT2D eigenvalue weighted by molar-refractivity contribution is 5.00. The highest BCUT2D eigenvalue weighted by Crippen LogP contribution is 2.15. The van der Waals surface area contributed by atoms with Gasteiger partial charge in [0.05, 0.1) is 11.7 Å². The molecule has 0 saturated carbocycles. The Balaban J connectivity index is 1.78. The van der Waals surface area contributed by atoms with E-state index >= 15 is 0 Å². The maximum atomic E-state index is 5.58. The number of nitrogens with zero attached hydrogens (tertiary/aromatic N) is 4. The van der Waals surface area contributed by atoms with Crippen molar-refractivity contribution in [3.05, 3.63) is 18.0 Å². The molecule has 1 aliphatic rings. The van der Waals surface area contributed by atoms with Gasteiger partial charge in [-0.05, 0) is 38.4 Å². The third-order valence-electron chi connectivity index (χ3n) is 4.51. The van der Waals surface area contributed by atoms with Gasteiger partial charge in [0.25, 0.3) is 0 Å². The summed E-state index contributed by atoms with van der Waals surface area (Å²) in [7, 11) is 0. The van der Waals surface area contributed by atoms with E-state index in [-0.39, 0.29) is 0 Å². The van der Waals surface area contributed by atoms with Crippen LogP contribution >= 0.6 is 0 Å². The highest BCUT2D eigenvalue weighted by atomic mass is 15.3. The topological polar surface area (TPSA) is 50.3 Å². The Bertz CT molecular complexity index is 391. The third-order valence-corrected chi connectivity index (χ3v) is 4.51. The van der Waals surface area contributed by atoms with E-state index in [0.717, 1.165) is 65.1 Å². The van der Waals surface area contributed by atoms with Gasteiger partial charge in [0, 0.05) is 38.9 Å². The quantitative estimate of drug-likeness (QED) is 0.793. The van der Waals surface area contributed by atoms with Crippen molar-refractivity contribution in [1.29, 1.82) is 0 Å². The standard InChI is InChI=1S/C16H31N5/c1-3-16(4-2)21-9-6-15(18-21)14-20-12-10-19(11-13-20)8-5-7-17/h6,9,16H,3-5,7-8,10-14,17H2,1-2H3. The molecule has 5 heteroatoms. The fraction of sp³-hybridized carbons (Fsp3) is 0.812. The van der Waals surface area contributed by atoms with Gasteiger partial charge in [0.1, 0.15) is 0 Å². The van der Waals surface area contributed by atoms with Gasteiger partial charge in [-0.1, -0.05) is 13.8 Å². The van der Waals surface area contributed by atoms with E-state index in [1.165, 1.54) is 5.69 Å². The number of rotatable bonds is 8. The second-order valence-corrected chi connectivity index (χ2v) is 6.02. The van der Waals surface area contributed by atoms with Crippen LogP contribution in [0.15, 0.2) is 12.3 Å². The van der Waals surface area contributed by atoms with Crippen molar-refractivity contribution in [2.45, 2.75) is 45.7 Å². The molecule has 0 spiro atoms. The van der Waals surface area contributed by atoms with Crippen molar-refractivity contribution < 1.29 is 0 Å². The average Bonchev–Trinajstić information content (AvgIpc) is 2.96. The Hall–Kier alpha value is -0.910. The number of hydrogen-bond donors (Lipinski definition) is 1. The first-order valence-corrected chi connectivity index (χ1v) is 8.45. The van der Waals surface area contributed by atoms with Crippen LogP contribution in [0.25, 0.3) is 0 Å². The molecule has 2 heterocycles. The molecule has 2 rings (SSSR count). The van der Waals surface area contributed by atoms with Crippen LogP contribution in [0.2, 0.25) is 0 Å². The number of nitrogens with two attached hydrogens (primary N) is 1. The first-order valence-electron chi connectivity index (χ1n) is 8.45. The van der Waals surface area contributed by atoms with Crippen LogP contribution in [0.4, 0.5) is 0 Å². The Morgan fingerprint density at radius 1 is 1.14 bits per heavy atom. The van der Waals surface area contributed by atoms with Crippen LogP contribution in [0.1, 0.15) is 44.8 Å². The normalized spacial score (nSPS) is 17.7. The van der Waals surface area contributed by atoms with Gasteiger partial charge in [-0.2, -0.15) is 5.10 Å². The van der Waals surface area contributed by atoms with Crippen molar-refractivity contribution in [1.82, 2.24) is 19.6 Å². The summed E-state index contributed by atoms with van der Waals surface area (Å²) in [6.07, 6.45) is 5.55. The summed E-state index contributed by atoms with van der Waals surface area (Å²) in [5.74, 6) is 0. The van der Waals surface area contributed by atoms with Crippen LogP contribution in [0.5, 0.6) is 0 Å². The molecule has 0 bridgehead atoms. The van der Waals surface area contributed by atoms with E-state index < -0.39 is 0 Å². The number of aromatic nitrogens is 2. The summed E-state index contributed by atoms with van der Waals surface area (Å²) in [5.41, 5.74) is 6.78. The summed E-state index contributed by atoms with van der Waals surface area (Å²) in [5, 5.41) is 4.76. The lowest BCUT2D eigenvalue weighted by atomic mass is 10.2. The van der Waals surface area contributed by atoms with Crippen LogP contribution in [0, 0.1) is 0 Å². The van der Waals surface area contributed by atoms with Gasteiger partial charge in [-0.25, -0.2) is 0 Å². The third kappa shape index (κ3) is 4.80. The van der Waals surface area contributed by atoms with E-state index in [9.17, 15) is 0 Å². The monoisotopic (exact) mass is 293 g/mol. The molecular weight excluding hydrogens is 262 g/mol. The van der Waals surface area contributed by atoms with E-state index in [4.69, 9.17) is 10.8 Å². The predicted octanol–water partition coefficient (Wildman–Crippen LogP) is 1.71. The largest absolute Gasteiger partial charge is 0.330 e. The average molecular weight is 293 g/mol. The Morgan fingerprint density at radius 2 is 1.81 bits per heavy atom. The molecule has 1 fully saturated rings. The van der Waals surface area contributed by atoms with E-state index in [1.807, 2.05) is 0 Å². The molecule has 0 amide bonds. The summed E-state index contributed by atoms with van der Waals surface area (Å²) in [4.78, 5) is 5.03. The summed E-state index contributed by atoms with van der Waals surface area (Å²) in [6, 6.07) is 2.73. The minimum Gasteiger partial charge on any atom is -0.330 e. The first-order chi connectivity index (χ1) is 10.3. The molecule has 0 radical (unpaired) electrons. The molecule has 0 unspecified atom stereocenters. The van der Waals surface area contributed by atoms with Crippen LogP contribution in [0.3, 0.4) is 0 Å². The molecule has 0 atom stereocenters. The minimum absolute atomic E-state index is 0.548. The summed E-state index contributed by atoms with van der Waals surface area (Å²) < 4.78 is 2.15. The maximum Gasteiger partial charge on any atom is 0.0764 e. The minimum atomic E-state index is 0.548. The fourth-order valence-corrected chi connectivity index (χ4v) is 3.04. The smallest absolute Gasteiger partial charge is 0.0764 e. The lowest BCUT2D eigenvalue weighted by molar-refractivity contribution is 0.125. The van der Waals surface area contributed by atoms with Crippen molar-refractivity contribution in [3.8, 4) is 0 Å². The Morgan fingerprint density at radius 3 is 2.43 bits per heavy atom. The second-order valence-electron chi connectivity index (χ2n) is 6.02. The van der Waals surface area contributed by atoms with Crippen molar-refractivity contribution in [2.24, 2.45) is 5.73 Å². The number of hydrogen-bond acceptors (Lipinski definition) is 4. The van der Waals surface area contributed by atoms with Gasteiger partial charge in [0.2, 0.25) is 0 Å². The van der Waals surface area contributed by atoms with Crippen molar-refractivity contribution in [2.75, 3.05) is 39.3 Å². The summed E-state index contributed by atoms with van der Waals surface area (Å²) >= 11 is 0. The Kier molecular flexibility index (Phi) is 6.67. The lowest BCUT2D eigenvalue weighted by Crippen LogP contribution is -2.46. The zero-order valence-electron chi connectivity index (χ0n) is 13.7. The van der Waals surface area contributed by atoms with Gasteiger partial charge in [-0.15, -0.1) is 0 Å². The molecule has 1 aliphatic heterocycles. The molecule has 5 nitrogen and oxygen atoms in total. The maximum absolute atomic E-state index is 5.58. The van der Waals surface area contributed by atoms with Gasteiger partial charge in [0.15, 0.2) is 0 Å². The van der Waals surface area contributed by atoms with E-state index in [1.54, 1.807) is 0 Å². The molecule has 2 N–H and O–H groups in total. The zero-order valence-corrected chi connectivity index (χ0v) is 13.7. The SMILES string of the molecule is CCC(CC)n1ccc(CN2CCN(CCCN)CC2)n1. The lowest BCUT2D eigenvalue weighted by Gasteiger charge is -2.34. The van der Waals surface area contributed by atoms with Gasteiger partial charge >= 0.3 is 0 Å². The second kappa shape index (κ2) is 8.51. The van der Waals surface area contributed by atoms with Crippen molar-refractivity contribution in [3.63, 3.8) is 0 Å². The molecule has 120 valence electrons. The molecule has 1 saturated heterocycles. The zero-order chi connectivity index (χ0) is 15.1. The van der Waals surface area contributed by atoms with E-state index in [0.29, 0.717) is 6.04 Å². The van der Waals surface area contributed by atoms with Crippen LogP contribution < -0.4 is 5.73 Å². The molecule has 0 aliphatic carbocycles. The predicted molar refractivity (Wildman–Crippen MR) is 87.2 cm³/mol. The van der Waals surface area contributed by atoms with Crippen LogP contribution in [-0.4, -0.2) is 58.8 Å². The number of piperazine rings is 1. The van der Waals surface area contributed by atoms with Gasteiger partial charge < -0.3 is 10.6 Å². The molecule has 1 aromatic rings. The van der Waals surface area contributed by atoms with E-state index in [2.05, 4.69) is 40.6 Å². The molecule has 0 aromatic carbocycles. The van der Waals surface area contributed by atoms with Crippen molar-refractivity contribution >= 4 is 0 Å². The highest BCUT2D eigenvalue weighted by Gasteiger charge is 2.17. The fourth-order valence-electron chi connectivity index (χ4n) is 3.04. The van der Waals surface area contributed by atoms with Crippen LogP contribution in [-0.2, 0) is 6.54 Å². The first kappa shape index (κ1) is 16.5. The molecular formula is C16H31N5. The Labute approximate surface area is 129 Å². The van der Waals surface area contributed by atoms with Gasteiger partial charge in [-0.3, -0.25) is 9.58 Å². The molecule has 1 aromatic heterocycles.